The number of halogens is 3. The number of phenolic OH excluding ortho intramolecular Hbond substituents is 1. The highest BCUT2D eigenvalue weighted by molar-refractivity contribution is 6.34. The summed E-state index contributed by atoms with van der Waals surface area (Å²) in [5.41, 5.74) is 0.220. The van der Waals surface area contributed by atoms with E-state index >= 15 is 0 Å². The predicted molar refractivity (Wildman–Crippen MR) is 67.4 cm³/mol. The predicted octanol–water partition coefficient (Wildman–Crippen LogP) is 3.58. The minimum atomic E-state index is -0.858. The summed E-state index contributed by atoms with van der Waals surface area (Å²) in [7, 11) is 0. The van der Waals surface area contributed by atoms with Crippen LogP contribution in [0, 0.1) is 11.6 Å². The van der Waals surface area contributed by atoms with Crippen LogP contribution in [-0.2, 0) is 0 Å². The Bertz CT molecular complexity index is 647. The number of hydrogen-bond acceptors (Lipinski definition) is 2. The lowest BCUT2D eigenvalue weighted by molar-refractivity contribution is 0.102. The Labute approximate surface area is 112 Å². The number of carbonyl (C=O) groups is 1. The second kappa shape index (κ2) is 5.24. The zero-order valence-electron chi connectivity index (χ0n) is 9.45. The zero-order chi connectivity index (χ0) is 14.0. The number of phenols is 1. The summed E-state index contributed by atoms with van der Waals surface area (Å²) >= 11 is 5.73. The first kappa shape index (κ1) is 13.3. The molecule has 0 aliphatic rings. The molecule has 19 heavy (non-hydrogen) atoms. The van der Waals surface area contributed by atoms with E-state index in [-0.39, 0.29) is 16.3 Å². The molecule has 0 spiro atoms. The molecule has 6 heteroatoms. The lowest BCUT2D eigenvalue weighted by Gasteiger charge is -2.07. The minimum absolute atomic E-state index is 0.0447. The summed E-state index contributed by atoms with van der Waals surface area (Å²) in [6, 6.07) is 6.73. The quantitative estimate of drug-likeness (QED) is 0.828. The average Bonchev–Trinajstić information content (AvgIpc) is 2.33. The molecule has 1 amide bonds. The smallest absolute Gasteiger partial charge is 0.257 e. The molecule has 0 saturated carbocycles. The Kier molecular flexibility index (Phi) is 3.66. The lowest BCUT2D eigenvalue weighted by atomic mass is 10.2. The SMILES string of the molecule is O=C(Nc1ccc(O)c(F)c1)c1ccc(F)cc1Cl. The van der Waals surface area contributed by atoms with Crippen molar-refractivity contribution in [2.45, 2.75) is 0 Å². The Morgan fingerprint density at radius 1 is 1.16 bits per heavy atom. The standard InChI is InChI=1S/C13H8ClF2NO2/c14-10-5-7(15)1-3-9(10)13(19)17-8-2-4-12(18)11(16)6-8/h1-6,18H,(H,17,19). The first-order chi connectivity index (χ1) is 8.97. The maximum absolute atomic E-state index is 13.1. The topological polar surface area (TPSA) is 49.3 Å². The van der Waals surface area contributed by atoms with Crippen molar-refractivity contribution in [1.82, 2.24) is 0 Å². The van der Waals surface area contributed by atoms with Gasteiger partial charge >= 0.3 is 0 Å². The Morgan fingerprint density at radius 2 is 1.89 bits per heavy atom. The van der Waals surface area contributed by atoms with Crippen LogP contribution in [0.25, 0.3) is 0 Å². The first-order valence-corrected chi connectivity index (χ1v) is 5.60. The third-order valence-electron chi connectivity index (χ3n) is 2.38. The fourth-order valence-electron chi connectivity index (χ4n) is 1.46. The van der Waals surface area contributed by atoms with Gasteiger partial charge in [-0.2, -0.15) is 0 Å². The molecular weight excluding hydrogens is 276 g/mol. The highest BCUT2D eigenvalue weighted by Crippen LogP contribution is 2.22. The van der Waals surface area contributed by atoms with E-state index in [0.29, 0.717) is 0 Å². The van der Waals surface area contributed by atoms with Crippen LogP contribution in [-0.4, -0.2) is 11.0 Å². The van der Waals surface area contributed by atoms with E-state index in [1.807, 2.05) is 0 Å². The number of rotatable bonds is 2. The number of anilines is 1. The van der Waals surface area contributed by atoms with E-state index in [2.05, 4.69) is 5.32 Å². The molecule has 0 fully saturated rings. The van der Waals surface area contributed by atoms with Gasteiger partial charge in [-0.05, 0) is 30.3 Å². The molecule has 0 bridgehead atoms. The minimum Gasteiger partial charge on any atom is -0.505 e. The fraction of sp³-hybridized carbons (Fsp3) is 0. The van der Waals surface area contributed by atoms with Crippen LogP contribution in [0.5, 0.6) is 5.75 Å². The van der Waals surface area contributed by atoms with Gasteiger partial charge in [0, 0.05) is 11.8 Å². The number of carbonyl (C=O) groups excluding carboxylic acids is 1. The highest BCUT2D eigenvalue weighted by atomic mass is 35.5. The summed E-state index contributed by atoms with van der Waals surface area (Å²) in [4.78, 5) is 11.8. The lowest BCUT2D eigenvalue weighted by Crippen LogP contribution is -2.12. The van der Waals surface area contributed by atoms with Crippen molar-refractivity contribution < 1.29 is 18.7 Å². The van der Waals surface area contributed by atoms with Crippen LogP contribution < -0.4 is 5.32 Å². The van der Waals surface area contributed by atoms with Crippen LogP contribution >= 0.6 is 11.6 Å². The number of nitrogens with one attached hydrogen (secondary N) is 1. The van der Waals surface area contributed by atoms with Crippen LogP contribution in [0.4, 0.5) is 14.5 Å². The van der Waals surface area contributed by atoms with Crippen LogP contribution in [0.3, 0.4) is 0 Å². The van der Waals surface area contributed by atoms with E-state index in [0.717, 1.165) is 24.3 Å². The fourth-order valence-corrected chi connectivity index (χ4v) is 1.71. The molecule has 0 heterocycles. The van der Waals surface area contributed by atoms with E-state index in [1.165, 1.54) is 12.1 Å². The number of aromatic hydroxyl groups is 1. The molecule has 2 rings (SSSR count). The molecule has 0 saturated heterocycles. The van der Waals surface area contributed by atoms with Gasteiger partial charge < -0.3 is 10.4 Å². The van der Waals surface area contributed by atoms with E-state index in [9.17, 15) is 13.6 Å². The number of benzene rings is 2. The monoisotopic (exact) mass is 283 g/mol. The molecule has 3 nitrogen and oxygen atoms in total. The molecule has 0 radical (unpaired) electrons. The Balaban J connectivity index is 2.23. The molecule has 0 aromatic heterocycles. The van der Waals surface area contributed by atoms with Gasteiger partial charge in [0.2, 0.25) is 0 Å². The Hall–Kier alpha value is -2.14. The van der Waals surface area contributed by atoms with Crippen LogP contribution in [0.2, 0.25) is 5.02 Å². The third-order valence-corrected chi connectivity index (χ3v) is 2.69. The van der Waals surface area contributed by atoms with Gasteiger partial charge in [0.15, 0.2) is 11.6 Å². The normalized spacial score (nSPS) is 10.3. The van der Waals surface area contributed by atoms with Gasteiger partial charge in [-0.1, -0.05) is 11.6 Å². The van der Waals surface area contributed by atoms with Crippen LogP contribution in [0.1, 0.15) is 10.4 Å². The van der Waals surface area contributed by atoms with E-state index in [4.69, 9.17) is 16.7 Å². The highest BCUT2D eigenvalue weighted by Gasteiger charge is 2.12. The van der Waals surface area contributed by atoms with E-state index in [1.54, 1.807) is 0 Å². The summed E-state index contributed by atoms with van der Waals surface area (Å²) in [5.74, 6) is -2.53. The number of hydrogen-bond donors (Lipinski definition) is 2. The second-order valence-electron chi connectivity index (χ2n) is 3.74. The summed E-state index contributed by atoms with van der Waals surface area (Å²) < 4.78 is 25.9. The molecule has 2 aromatic rings. The average molecular weight is 284 g/mol. The molecule has 2 aromatic carbocycles. The van der Waals surface area contributed by atoms with Gasteiger partial charge in [-0.25, -0.2) is 8.78 Å². The largest absolute Gasteiger partial charge is 0.505 e. The number of amides is 1. The van der Waals surface area contributed by atoms with Crippen LogP contribution in [0.15, 0.2) is 36.4 Å². The van der Waals surface area contributed by atoms with Crippen molar-refractivity contribution >= 4 is 23.2 Å². The van der Waals surface area contributed by atoms with Crippen molar-refractivity contribution in [2.24, 2.45) is 0 Å². The molecule has 0 unspecified atom stereocenters. The van der Waals surface area contributed by atoms with E-state index < -0.39 is 23.3 Å². The van der Waals surface area contributed by atoms with Gasteiger partial charge in [0.05, 0.1) is 10.6 Å². The summed E-state index contributed by atoms with van der Waals surface area (Å²) in [6.07, 6.45) is 0. The van der Waals surface area contributed by atoms with Crippen molar-refractivity contribution in [2.75, 3.05) is 5.32 Å². The molecule has 0 atom stereocenters. The molecule has 0 aliphatic carbocycles. The second-order valence-corrected chi connectivity index (χ2v) is 4.15. The molecular formula is C13H8ClF2NO2. The maximum atomic E-state index is 13.1. The van der Waals surface area contributed by atoms with Crippen molar-refractivity contribution in [3.8, 4) is 5.75 Å². The van der Waals surface area contributed by atoms with Gasteiger partial charge in [0.1, 0.15) is 5.82 Å². The maximum Gasteiger partial charge on any atom is 0.257 e. The first-order valence-electron chi connectivity index (χ1n) is 5.22. The molecule has 98 valence electrons. The van der Waals surface area contributed by atoms with Crippen molar-refractivity contribution in [3.05, 3.63) is 58.6 Å². The molecule has 0 aliphatic heterocycles. The van der Waals surface area contributed by atoms with Gasteiger partial charge in [-0.15, -0.1) is 0 Å². The van der Waals surface area contributed by atoms with Gasteiger partial charge in [-0.3, -0.25) is 4.79 Å². The summed E-state index contributed by atoms with van der Waals surface area (Å²) in [5, 5.41) is 11.4. The van der Waals surface area contributed by atoms with Gasteiger partial charge in [0.25, 0.3) is 5.91 Å². The third kappa shape index (κ3) is 3.00. The molecule has 2 N–H and O–H groups in total. The summed E-state index contributed by atoms with van der Waals surface area (Å²) in [6.45, 7) is 0. The Morgan fingerprint density at radius 3 is 2.53 bits per heavy atom. The van der Waals surface area contributed by atoms with Crippen molar-refractivity contribution in [3.63, 3.8) is 0 Å². The zero-order valence-corrected chi connectivity index (χ0v) is 10.2. The van der Waals surface area contributed by atoms with Crippen molar-refractivity contribution in [1.29, 1.82) is 0 Å².